The van der Waals surface area contributed by atoms with E-state index in [0.29, 0.717) is 17.9 Å². The van der Waals surface area contributed by atoms with Crippen molar-refractivity contribution in [1.82, 2.24) is 14.5 Å². The minimum Gasteiger partial charge on any atom is -0.281 e. The van der Waals surface area contributed by atoms with Crippen molar-refractivity contribution in [3.8, 4) is 5.69 Å². The number of benzene rings is 1. The Hall–Kier alpha value is -1.94. The summed E-state index contributed by atoms with van der Waals surface area (Å²) in [4.78, 5) is 8.93. The Morgan fingerprint density at radius 1 is 1.30 bits per heavy atom. The number of pyridine rings is 1. The Morgan fingerprint density at radius 2 is 2.15 bits per heavy atom. The maximum Gasteiger partial charge on any atom is 0.164 e. The van der Waals surface area contributed by atoms with Crippen LogP contribution in [0.25, 0.3) is 16.9 Å². The van der Waals surface area contributed by atoms with Crippen molar-refractivity contribution in [1.29, 1.82) is 0 Å². The second kappa shape index (κ2) is 5.21. The van der Waals surface area contributed by atoms with Gasteiger partial charge in [-0.2, -0.15) is 0 Å². The third-order valence-corrected chi connectivity index (χ3v) is 3.39. The monoisotopic (exact) mass is 289 g/mol. The van der Waals surface area contributed by atoms with Gasteiger partial charge in [-0.05, 0) is 42.8 Å². The normalized spacial score (nSPS) is 11.2. The van der Waals surface area contributed by atoms with E-state index in [2.05, 4.69) is 9.97 Å². The molecule has 0 bridgehead atoms. The van der Waals surface area contributed by atoms with Crippen LogP contribution in [0.1, 0.15) is 11.4 Å². The highest BCUT2D eigenvalue weighted by atomic mass is 35.5. The highest BCUT2D eigenvalue weighted by molar-refractivity contribution is 6.17. The summed E-state index contributed by atoms with van der Waals surface area (Å²) in [5, 5.41) is 0. The zero-order valence-corrected chi connectivity index (χ0v) is 11.7. The Kier molecular flexibility index (Phi) is 3.40. The molecule has 0 aliphatic heterocycles. The largest absolute Gasteiger partial charge is 0.281 e. The molecule has 2 aromatic heterocycles. The van der Waals surface area contributed by atoms with Gasteiger partial charge in [-0.1, -0.05) is 0 Å². The smallest absolute Gasteiger partial charge is 0.164 e. The first kappa shape index (κ1) is 13.1. The van der Waals surface area contributed by atoms with Crippen LogP contribution in [0.2, 0.25) is 0 Å². The molecule has 0 aliphatic carbocycles. The second-order valence-electron chi connectivity index (χ2n) is 4.58. The molecule has 0 fully saturated rings. The fraction of sp³-hybridized carbons (Fsp3) is 0.200. The van der Waals surface area contributed by atoms with Crippen LogP contribution in [0, 0.1) is 12.7 Å². The van der Waals surface area contributed by atoms with E-state index in [1.165, 1.54) is 6.07 Å². The average molecular weight is 290 g/mol. The molecule has 0 saturated heterocycles. The van der Waals surface area contributed by atoms with E-state index in [1.807, 2.05) is 16.7 Å². The molecule has 0 aliphatic rings. The first-order chi connectivity index (χ1) is 9.70. The SMILES string of the molecule is Cc1cc(-n2c(CCCl)nc3cccnc32)ccc1F. The van der Waals surface area contributed by atoms with Crippen molar-refractivity contribution in [2.45, 2.75) is 13.3 Å². The standard InChI is InChI=1S/C15H13ClFN3/c1-10-9-11(4-5-12(10)17)20-14(6-7-16)19-13-3-2-8-18-15(13)20/h2-5,8-9H,6-7H2,1H3. The molecular formula is C15H13ClFN3. The van der Waals surface area contributed by atoms with Crippen LogP contribution >= 0.6 is 11.6 Å². The van der Waals surface area contributed by atoms with Crippen molar-refractivity contribution < 1.29 is 4.39 Å². The number of hydrogen-bond acceptors (Lipinski definition) is 2. The molecule has 0 saturated carbocycles. The Morgan fingerprint density at radius 3 is 2.90 bits per heavy atom. The van der Waals surface area contributed by atoms with Crippen molar-refractivity contribution in [2.24, 2.45) is 0 Å². The third-order valence-electron chi connectivity index (χ3n) is 3.20. The maximum atomic E-state index is 13.4. The van der Waals surface area contributed by atoms with Gasteiger partial charge in [0.05, 0.1) is 0 Å². The molecule has 3 aromatic rings. The number of nitrogens with zero attached hydrogens (tertiary/aromatic N) is 3. The summed E-state index contributed by atoms with van der Waals surface area (Å²) in [6.45, 7) is 1.74. The summed E-state index contributed by atoms with van der Waals surface area (Å²) in [7, 11) is 0. The summed E-state index contributed by atoms with van der Waals surface area (Å²) in [5.74, 6) is 1.09. The summed E-state index contributed by atoms with van der Waals surface area (Å²) in [5.41, 5.74) is 3.02. The third kappa shape index (κ3) is 2.16. The molecule has 102 valence electrons. The predicted octanol–water partition coefficient (Wildman–Crippen LogP) is 3.65. The van der Waals surface area contributed by atoms with E-state index in [0.717, 1.165) is 22.7 Å². The fourth-order valence-electron chi connectivity index (χ4n) is 2.25. The number of imidazole rings is 1. The minimum absolute atomic E-state index is 0.218. The predicted molar refractivity (Wildman–Crippen MR) is 78.0 cm³/mol. The Labute approximate surface area is 121 Å². The number of rotatable bonds is 3. The van der Waals surface area contributed by atoms with Gasteiger partial charge in [0.15, 0.2) is 5.65 Å². The minimum atomic E-state index is -0.218. The van der Waals surface area contributed by atoms with Gasteiger partial charge in [0.2, 0.25) is 0 Å². The lowest BCUT2D eigenvalue weighted by Gasteiger charge is -2.09. The lowest BCUT2D eigenvalue weighted by molar-refractivity contribution is 0.618. The first-order valence-corrected chi connectivity index (χ1v) is 6.89. The molecule has 2 heterocycles. The van der Waals surface area contributed by atoms with Gasteiger partial charge in [-0.25, -0.2) is 14.4 Å². The van der Waals surface area contributed by atoms with Crippen LogP contribution in [0.5, 0.6) is 0 Å². The topological polar surface area (TPSA) is 30.7 Å². The van der Waals surface area contributed by atoms with E-state index < -0.39 is 0 Å². The van der Waals surface area contributed by atoms with Crippen LogP contribution in [-0.4, -0.2) is 20.4 Å². The number of hydrogen-bond donors (Lipinski definition) is 0. The van der Waals surface area contributed by atoms with Crippen LogP contribution in [0.15, 0.2) is 36.5 Å². The number of aryl methyl sites for hydroxylation is 2. The molecule has 5 heteroatoms. The van der Waals surface area contributed by atoms with Crippen molar-refractivity contribution >= 4 is 22.8 Å². The molecule has 1 aromatic carbocycles. The van der Waals surface area contributed by atoms with E-state index in [-0.39, 0.29) is 5.82 Å². The highest BCUT2D eigenvalue weighted by Gasteiger charge is 2.13. The molecule has 0 unspecified atom stereocenters. The summed E-state index contributed by atoms with van der Waals surface area (Å²) in [6.07, 6.45) is 2.36. The Balaban J connectivity index is 2.26. The van der Waals surface area contributed by atoms with E-state index >= 15 is 0 Å². The molecule has 0 spiro atoms. The van der Waals surface area contributed by atoms with E-state index in [1.54, 1.807) is 25.3 Å². The summed E-state index contributed by atoms with van der Waals surface area (Å²) >= 11 is 5.85. The van der Waals surface area contributed by atoms with E-state index in [4.69, 9.17) is 11.6 Å². The van der Waals surface area contributed by atoms with Gasteiger partial charge in [0, 0.05) is 24.2 Å². The zero-order chi connectivity index (χ0) is 14.1. The summed E-state index contributed by atoms with van der Waals surface area (Å²) < 4.78 is 15.4. The maximum absolute atomic E-state index is 13.4. The average Bonchev–Trinajstić information content (AvgIpc) is 2.80. The van der Waals surface area contributed by atoms with Gasteiger partial charge in [0.1, 0.15) is 17.2 Å². The number of fused-ring (bicyclic) bond motifs is 1. The number of aromatic nitrogens is 3. The van der Waals surface area contributed by atoms with Gasteiger partial charge in [0.25, 0.3) is 0 Å². The molecule has 0 amide bonds. The molecular weight excluding hydrogens is 277 g/mol. The van der Waals surface area contributed by atoms with Crippen LogP contribution in [0.4, 0.5) is 4.39 Å². The molecule has 20 heavy (non-hydrogen) atoms. The van der Waals surface area contributed by atoms with Gasteiger partial charge in [-0.15, -0.1) is 11.6 Å². The first-order valence-electron chi connectivity index (χ1n) is 6.35. The molecule has 0 atom stereocenters. The fourth-order valence-corrected chi connectivity index (χ4v) is 2.42. The van der Waals surface area contributed by atoms with Crippen molar-refractivity contribution in [2.75, 3.05) is 5.88 Å². The summed E-state index contributed by atoms with van der Waals surface area (Å²) in [6, 6.07) is 8.75. The van der Waals surface area contributed by atoms with Crippen molar-refractivity contribution in [3.63, 3.8) is 0 Å². The van der Waals surface area contributed by atoms with Crippen LogP contribution in [-0.2, 0) is 6.42 Å². The Bertz CT molecular complexity index is 767. The highest BCUT2D eigenvalue weighted by Crippen LogP contribution is 2.22. The molecule has 3 rings (SSSR count). The second-order valence-corrected chi connectivity index (χ2v) is 4.96. The molecule has 0 N–H and O–H groups in total. The molecule has 0 radical (unpaired) electrons. The zero-order valence-electron chi connectivity index (χ0n) is 11.0. The number of alkyl halides is 1. The van der Waals surface area contributed by atoms with Crippen molar-refractivity contribution in [3.05, 3.63) is 53.7 Å². The van der Waals surface area contributed by atoms with Gasteiger partial charge >= 0.3 is 0 Å². The van der Waals surface area contributed by atoms with Gasteiger partial charge in [-0.3, -0.25) is 4.57 Å². The lowest BCUT2D eigenvalue weighted by atomic mass is 10.2. The van der Waals surface area contributed by atoms with Crippen LogP contribution < -0.4 is 0 Å². The van der Waals surface area contributed by atoms with E-state index in [9.17, 15) is 4.39 Å². The van der Waals surface area contributed by atoms with Gasteiger partial charge < -0.3 is 0 Å². The van der Waals surface area contributed by atoms with Crippen LogP contribution in [0.3, 0.4) is 0 Å². The quantitative estimate of drug-likeness (QED) is 0.689. The lowest BCUT2D eigenvalue weighted by Crippen LogP contribution is -2.03. The number of halogens is 2. The molecule has 3 nitrogen and oxygen atoms in total.